The van der Waals surface area contributed by atoms with Gasteiger partial charge in [0.1, 0.15) is 5.75 Å². The van der Waals surface area contributed by atoms with Gasteiger partial charge in [-0.1, -0.05) is 18.2 Å². The Labute approximate surface area is 113 Å². The summed E-state index contributed by atoms with van der Waals surface area (Å²) < 4.78 is 5.24. The van der Waals surface area contributed by atoms with E-state index in [2.05, 4.69) is 5.32 Å². The Hall–Kier alpha value is -1.55. The molecular formula is C15H21NO3. The van der Waals surface area contributed by atoms with Gasteiger partial charge >= 0.3 is 0 Å². The predicted molar refractivity (Wildman–Crippen MR) is 73.1 cm³/mol. The van der Waals surface area contributed by atoms with Crippen molar-refractivity contribution in [1.82, 2.24) is 5.32 Å². The molecule has 0 saturated heterocycles. The monoisotopic (exact) mass is 263 g/mol. The normalized spacial score (nSPS) is 22.8. The van der Waals surface area contributed by atoms with Crippen LogP contribution in [0.3, 0.4) is 0 Å². The van der Waals surface area contributed by atoms with E-state index in [9.17, 15) is 9.90 Å². The van der Waals surface area contributed by atoms with Gasteiger partial charge in [0.05, 0.1) is 19.6 Å². The van der Waals surface area contributed by atoms with Gasteiger partial charge in [-0.2, -0.15) is 0 Å². The molecule has 0 heterocycles. The number of aliphatic hydroxyl groups excluding tert-OH is 1. The molecule has 1 fully saturated rings. The average Bonchev–Trinajstić information content (AvgIpc) is 2.42. The van der Waals surface area contributed by atoms with E-state index in [1.165, 1.54) is 0 Å². The van der Waals surface area contributed by atoms with Crippen molar-refractivity contribution in [3.8, 4) is 5.75 Å². The van der Waals surface area contributed by atoms with E-state index in [1.54, 1.807) is 7.11 Å². The molecule has 4 heteroatoms. The minimum Gasteiger partial charge on any atom is -0.496 e. The van der Waals surface area contributed by atoms with Crippen molar-refractivity contribution in [1.29, 1.82) is 0 Å². The number of nitrogens with one attached hydrogen (secondary N) is 1. The van der Waals surface area contributed by atoms with Crippen molar-refractivity contribution in [3.05, 3.63) is 29.8 Å². The number of amides is 1. The lowest BCUT2D eigenvalue weighted by Gasteiger charge is -2.26. The summed E-state index contributed by atoms with van der Waals surface area (Å²) in [5.74, 6) is 0.766. The van der Waals surface area contributed by atoms with Crippen molar-refractivity contribution < 1.29 is 14.6 Å². The topological polar surface area (TPSA) is 58.6 Å². The van der Waals surface area contributed by atoms with E-state index in [-0.39, 0.29) is 18.1 Å². The maximum absolute atomic E-state index is 12.0. The van der Waals surface area contributed by atoms with Crippen LogP contribution in [0.15, 0.2) is 24.3 Å². The number of carbonyl (C=O) groups excluding carboxylic acids is 1. The predicted octanol–water partition coefficient (Wildman–Crippen LogP) is 1.66. The zero-order valence-corrected chi connectivity index (χ0v) is 11.3. The third-order valence-electron chi connectivity index (χ3n) is 3.61. The van der Waals surface area contributed by atoms with Crippen molar-refractivity contribution in [2.24, 2.45) is 0 Å². The number of carbonyl (C=O) groups is 1. The van der Waals surface area contributed by atoms with Gasteiger partial charge in [0.2, 0.25) is 5.91 Å². The van der Waals surface area contributed by atoms with Gasteiger partial charge in [0.25, 0.3) is 0 Å². The highest BCUT2D eigenvalue weighted by Gasteiger charge is 2.21. The molecule has 0 aliphatic heterocycles. The van der Waals surface area contributed by atoms with Gasteiger partial charge in [0, 0.05) is 11.6 Å². The molecule has 1 saturated carbocycles. The summed E-state index contributed by atoms with van der Waals surface area (Å²) in [6, 6.07) is 7.76. The first kappa shape index (κ1) is 13.9. The second-order valence-corrected chi connectivity index (χ2v) is 5.06. The van der Waals surface area contributed by atoms with Gasteiger partial charge in [-0.05, 0) is 31.7 Å². The molecule has 104 valence electrons. The minimum absolute atomic E-state index is 0.0193. The van der Waals surface area contributed by atoms with Gasteiger partial charge in [-0.25, -0.2) is 0 Å². The molecule has 0 aromatic heterocycles. The zero-order valence-electron chi connectivity index (χ0n) is 11.3. The SMILES string of the molecule is COc1ccccc1CC(=O)NC1CCC(O)CC1. The second kappa shape index (κ2) is 6.57. The first-order valence-electron chi connectivity index (χ1n) is 6.78. The van der Waals surface area contributed by atoms with Crippen molar-refractivity contribution in [3.63, 3.8) is 0 Å². The summed E-state index contributed by atoms with van der Waals surface area (Å²) >= 11 is 0. The maximum atomic E-state index is 12.0. The molecule has 0 atom stereocenters. The number of rotatable bonds is 4. The van der Waals surface area contributed by atoms with Gasteiger partial charge in [0.15, 0.2) is 0 Å². The molecule has 2 N–H and O–H groups in total. The largest absolute Gasteiger partial charge is 0.496 e. The summed E-state index contributed by atoms with van der Waals surface area (Å²) in [4.78, 5) is 12.0. The molecule has 0 spiro atoms. The fraction of sp³-hybridized carbons (Fsp3) is 0.533. The van der Waals surface area contributed by atoms with E-state index in [1.807, 2.05) is 24.3 Å². The Morgan fingerprint density at radius 1 is 1.32 bits per heavy atom. The number of benzene rings is 1. The Balaban J connectivity index is 1.87. The van der Waals surface area contributed by atoms with Gasteiger partial charge in [-0.15, -0.1) is 0 Å². The van der Waals surface area contributed by atoms with E-state index in [0.717, 1.165) is 37.0 Å². The Bertz CT molecular complexity index is 425. The molecule has 0 radical (unpaired) electrons. The highest BCUT2D eigenvalue weighted by atomic mass is 16.5. The molecule has 0 unspecified atom stereocenters. The summed E-state index contributed by atoms with van der Waals surface area (Å²) in [7, 11) is 1.61. The number of ether oxygens (including phenoxy) is 1. The number of aliphatic hydroxyl groups is 1. The number of para-hydroxylation sites is 1. The molecule has 4 nitrogen and oxygen atoms in total. The van der Waals surface area contributed by atoms with Crippen LogP contribution >= 0.6 is 0 Å². The molecular weight excluding hydrogens is 242 g/mol. The highest BCUT2D eigenvalue weighted by Crippen LogP contribution is 2.20. The van der Waals surface area contributed by atoms with Crippen molar-refractivity contribution >= 4 is 5.91 Å². The minimum atomic E-state index is -0.192. The van der Waals surface area contributed by atoms with Crippen LogP contribution in [-0.2, 0) is 11.2 Å². The first-order valence-corrected chi connectivity index (χ1v) is 6.78. The fourth-order valence-electron chi connectivity index (χ4n) is 2.52. The van der Waals surface area contributed by atoms with Crippen LogP contribution in [0.1, 0.15) is 31.2 Å². The molecule has 2 rings (SSSR count). The summed E-state index contributed by atoms with van der Waals surface area (Å²) in [6.07, 6.45) is 3.42. The van der Waals surface area contributed by atoms with Crippen LogP contribution in [-0.4, -0.2) is 30.3 Å². The Morgan fingerprint density at radius 3 is 2.68 bits per heavy atom. The maximum Gasteiger partial charge on any atom is 0.224 e. The van der Waals surface area contributed by atoms with E-state index < -0.39 is 0 Å². The summed E-state index contributed by atoms with van der Waals surface area (Å²) in [6.45, 7) is 0. The lowest BCUT2D eigenvalue weighted by molar-refractivity contribution is -0.121. The zero-order chi connectivity index (χ0) is 13.7. The Morgan fingerprint density at radius 2 is 2.00 bits per heavy atom. The van der Waals surface area contributed by atoms with Crippen molar-refractivity contribution in [2.45, 2.75) is 44.2 Å². The van der Waals surface area contributed by atoms with Crippen LogP contribution in [0.4, 0.5) is 0 Å². The molecule has 0 bridgehead atoms. The van der Waals surface area contributed by atoms with E-state index in [4.69, 9.17) is 4.74 Å². The average molecular weight is 263 g/mol. The van der Waals surface area contributed by atoms with E-state index in [0.29, 0.717) is 6.42 Å². The number of hydrogen-bond acceptors (Lipinski definition) is 3. The van der Waals surface area contributed by atoms with Crippen LogP contribution in [0.5, 0.6) is 5.75 Å². The van der Waals surface area contributed by atoms with E-state index >= 15 is 0 Å². The molecule has 1 aliphatic carbocycles. The Kier molecular flexibility index (Phi) is 4.80. The molecule has 1 aromatic rings. The van der Waals surface area contributed by atoms with Crippen LogP contribution in [0, 0.1) is 0 Å². The quantitative estimate of drug-likeness (QED) is 0.868. The number of hydrogen-bond donors (Lipinski definition) is 2. The summed E-state index contributed by atoms with van der Waals surface area (Å²) in [5.41, 5.74) is 0.901. The smallest absolute Gasteiger partial charge is 0.224 e. The molecule has 1 amide bonds. The lowest BCUT2D eigenvalue weighted by atomic mass is 9.93. The third kappa shape index (κ3) is 3.96. The highest BCUT2D eigenvalue weighted by molar-refractivity contribution is 5.79. The van der Waals surface area contributed by atoms with Crippen LogP contribution < -0.4 is 10.1 Å². The van der Waals surface area contributed by atoms with Gasteiger partial charge < -0.3 is 15.2 Å². The lowest BCUT2D eigenvalue weighted by Crippen LogP contribution is -2.39. The van der Waals surface area contributed by atoms with Crippen LogP contribution in [0.25, 0.3) is 0 Å². The third-order valence-corrected chi connectivity index (χ3v) is 3.61. The number of methoxy groups -OCH3 is 1. The standard InChI is InChI=1S/C15H21NO3/c1-19-14-5-3-2-4-11(14)10-15(18)16-12-6-8-13(17)9-7-12/h2-5,12-13,17H,6-10H2,1H3,(H,16,18). The second-order valence-electron chi connectivity index (χ2n) is 5.06. The first-order chi connectivity index (χ1) is 9.19. The molecule has 1 aliphatic rings. The van der Waals surface area contributed by atoms with Gasteiger partial charge in [-0.3, -0.25) is 4.79 Å². The summed E-state index contributed by atoms with van der Waals surface area (Å²) in [5, 5.41) is 12.5. The molecule has 1 aromatic carbocycles. The van der Waals surface area contributed by atoms with Crippen LogP contribution in [0.2, 0.25) is 0 Å². The molecule has 19 heavy (non-hydrogen) atoms. The van der Waals surface area contributed by atoms with Crippen molar-refractivity contribution in [2.75, 3.05) is 7.11 Å². The fourth-order valence-corrected chi connectivity index (χ4v) is 2.52.